The average Bonchev–Trinajstić information content (AvgIpc) is 2.31. The van der Waals surface area contributed by atoms with Crippen LogP contribution in [0.3, 0.4) is 0 Å². The second-order valence-electron chi connectivity index (χ2n) is 4.60. The van der Waals surface area contributed by atoms with Gasteiger partial charge < -0.3 is 20.3 Å². The molecule has 1 aromatic rings. The molecule has 1 aromatic carbocycles. The molecule has 1 fully saturated rings. The fraction of sp³-hybridized carbons (Fsp3) is 0.462. The molecule has 98 valence electrons. The van der Waals surface area contributed by atoms with Crippen LogP contribution in [0.4, 0.5) is 0 Å². The summed E-state index contributed by atoms with van der Waals surface area (Å²) in [6.45, 7) is 0.414. The van der Waals surface area contributed by atoms with Crippen LogP contribution in [0.1, 0.15) is 29.6 Å². The Morgan fingerprint density at radius 1 is 1.44 bits per heavy atom. The Hall–Kier alpha value is -1.75. The molecule has 0 bridgehead atoms. The van der Waals surface area contributed by atoms with Gasteiger partial charge in [-0.15, -0.1) is 0 Å². The topological polar surface area (TPSA) is 78.8 Å². The normalized spacial score (nSPS) is 16.9. The summed E-state index contributed by atoms with van der Waals surface area (Å²) >= 11 is 0. The number of rotatable bonds is 4. The molecule has 0 spiro atoms. The highest BCUT2D eigenvalue weighted by atomic mass is 16.5. The minimum Gasteiger partial charge on any atom is -0.504 e. The predicted octanol–water partition coefficient (Wildman–Crippen LogP) is 1.40. The molecule has 5 heteroatoms. The van der Waals surface area contributed by atoms with Gasteiger partial charge in [-0.05, 0) is 31.4 Å². The van der Waals surface area contributed by atoms with E-state index in [9.17, 15) is 15.0 Å². The number of phenolic OH excluding ortho intramolecular Hbond substituents is 2. The molecule has 0 unspecified atom stereocenters. The maximum absolute atomic E-state index is 11.9. The highest BCUT2D eigenvalue weighted by Gasteiger charge is 2.37. The fourth-order valence-corrected chi connectivity index (χ4v) is 2.08. The molecule has 1 amide bonds. The van der Waals surface area contributed by atoms with Crippen molar-refractivity contribution in [2.45, 2.75) is 24.9 Å². The van der Waals surface area contributed by atoms with Crippen molar-refractivity contribution in [3.63, 3.8) is 0 Å². The number of aromatic hydroxyl groups is 2. The summed E-state index contributed by atoms with van der Waals surface area (Å²) in [7, 11) is 1.64. The van der Waals surface area contributed by atoms with Crippen LogP contribution in [0.25, 0.3) is 0 Å². The van der Waals surface area contributed by atoms with Crippen LogP contribution in [0.2, 0.25) is 0 Å². The Bertz CT molecular complexity index is 449. The van der Waals surface area contributed by atoms with Gasteiger partial charge in [0.25, 0.3) is 5.91 Å². The third-order valence-electron chi connectivity index (χ3n) is 3.53. The zero-order chi connectivity index (χ0) is 13.2. The molecular weight excluding hydrogens is 234 g/mol. The summed E-state index contributed by atoms with van der Waals surface area (Å²) in [4.78, 5) is 11.9. The number of benzene rings is 1. The van der Waals surface area contributed by atoms with Gasteiger partial charge in [0.1, 0.15) is 0 Å². The minimum atomic E-state index is -0.410. The van der Waals surface area contributed by atoms with Crippen molar-refractivity contribution in [3.05, 3.63) is 23.8 Å². The zero-order valence-corrected chi connectivity index (χ0v) is 10.3. The summed E-state index contributed by atoms with van der Waals surface area (Å²) in [5, 5.41) is 21.6. The third kappa shape index (κ3) is 2.26. The van der Waals surface area contributed by atoms with Crippen LogP contribution < -0.4 is 5.32 Å². The number of amides is 1. The molecule has 18 heavy (non-hydrogen) atoms. The van der Waals surface area contributed by atoms with Crippen LogP contribution in [0.15, 0.2) is 18.2 Å². The fourth-order valence-electron chi connectivity index (χ4n) is 2.08. The second-order valence-corrected chi connectivity index (χ2v) is 4.60. The van der Waals surface area contributed by atoms with Crippen LogP contribution in [0, 0.1) is 0 Å². The van der Waals surface area contributed by atoms with Crippen molar-refractivity contribution < 1.29 is 19.7 Å². The number of hydrogen-bond acceptors (Lipinski definition) is 4. The Morgan fingerprint density at radius 3 is 2.72 bits per heavy atom. The van der Waals surface area contributed by atoms with E-state index in [1.807, 2.05) is 0 Å². The van der Waals surface area contributed by atoms with Crippen molar-refractivity contribution in [1.82, 2.24) is 5.32 Å². The molecule has 1 saturated carbocycles. The SMILES string of the molecule is COC1(CNC(=O)c2cccc(O)c2O)CCC1. The first-order valence-electron chi connectivity index (χ1n) is 5.92. The van der Waals surface area contributed by atoms with Gasteiger partial charge in [-0.3, -0.25) is 4.79 Å². The van der Waals surface area contributed by atoms with Gasteiger partial charge in [-0.2, -0.15) is 0 Å². The smallest absolute Gasteiger partial charge is 0.255 e. The lowest BCUT2D eigenvalue weighted by molar-refractivity contribution is -0.0679. The van der Waals surface area contributed by atoms with Crippen LogP contribution in [0.5, 0.6) is 11.5 Å². The molecule has 0 heterocycles. The van der Waals surface area contributed by atoms with E-state index in [0.29, 0.717) is 6.54 Å². The van der Waals surface area contributed by atoms with Gasteiger partial charge in [0.2, 0.25) is 0 Å². The molecule has 5 nitrogen and oxygen atoms in total. The molecule has 1 aliphatic rings. The van der Waals surface area contributed by atoms with E-state index >= 15 is 0 Å². The Morgan fingerprint density at radius 2 is 2.17 bits per heavy atom. The molecule has 0 aromatic heterocycles. The van der Waals surface area contributed by atoms with E-state index in [1.54, 1.807) is 7.11 Å². The zero-order valence-electron chi connectivity index (χ0n) is 10.3. The standard InChI is InChI=1S/C13H17NO4/c1-18-13(6-3-7-13)8-14-12(17)9-4-2-5-10(15)11(9)16/h2,4-5,15-16H,3,6-8H2,1H3,(H,14,17). The highest BCUT2D eigenvalue weighted by molar-refractivity contribution is 5.97. The summed E-state index contributed by atoms with van der Waals surface area (Å²) in [6.07, 6.45) is 2.95. The number of phenols is 2. The maximum Gasteiger partial charge on any atom is 0.255 e. The number of methoxy groups -OCH3 is 1. The molecule has 0 atom stereocenters. The lowest BCUT2D eigenvalue weighted by atomic mass is 9.80. The number of ether oxygens (including phenoxy) is 1. The summed E-state index contributed by atoms with van der Waals surface area (Å²) in [6, 6.07) is 4.30. The van der Waals surface area contributed by atoms with Gasteiger partial charge in [-0.1, -0.05) is 6.07 Å². The summed E-state index contributed by atoms with van der Waals surface area (Å²) < 4.78 is 5.39. The van der Waals surface area contributed by atoms with Crippen molar-refractivity contribution in [3.8, 4) is 11.5 Å². The molecule has 0 aliphatic heterocycles. The second kappa shape index (κ2) is 4.86. The first-order valence-corrected chi connectivity index (χ1v) is 5.92. The first-order chi connectivity index (χ1) is 8.58. The van der Waals surface area contributed by atoms with Gasteiger partial charge >= 0.3 is 0 Å². The third-order valence-corrected chi connectivity index (χ3v) is 3.53. The van der Waals surface area contributed by atoms with E-state index < -0.39 is 11.7 Å². The van der Waals surface area contributed by atoms with Gasteiger partial charge in [-0.25, -0.2) is 0 Å². The van der Waals surface area contributed by atoms with Crippen LogP contribution >= 0.6 is 0 Å². The van der Waals surface area contributed by atoms with Crippen molar-refractivity contribution in [2.24, 2.45) is 0 Å². The average molecular weight is 251 g/mol. The number of para-hydroxylation sites is 1. The lowest BCUT2D eigenvalue weighted by Gasteiger charge is -2.40. The summed E-state index contributed by atoms with van der Waals surface area (Å²) in [5.41, 5.74) is -0.192. The van der Waals surface area contributed by atoms with E-state index in [0.717, 1.165) is 19.3 Å². The van der Waals surface area contributed by atoms with Crippen LogP contribution in [-0.4, -0.2) is 35.4 Å². The van der Waals surface area contributed by atoms with E-state index in [-0.39, 0.29) is 16.9 Å². The van der Waals surface area contributed by atoms with Crippen molar-refractivity contribution in [1.29, 1.82) is 0 Å². The molecule has 1 aliphatic carbocycles. The van der Waals surface area contributed by atoms with E-state index in [2.05, 4.69) is 5.32 Å². The first kappa shape index (κ1) is 12.7. The quantitative estimate of drug-likeness (QED) is 0.707. The number of hydrogen-bond donors (Lipinski definition) is 3. The number of carbonyl (C=O) groups excluding carboxylic acids is 1. The maximum atomic E-state index is 11.9. The molecular formula is C13H17NO4. The van der Waals surface area contributed by atoms with Gasteiger partial charge in [0.15, 0.2) is 11.5 Å². The minimum absolute atomic E-state index is 0.0700. The van der Waals surface area contributed by atoms with E-state index in [1.165, 1.54) is 18.2 Å². The van der Waals surface area contributed by atoms with Gasteiger partial charge in [0.05, 0.1) is 11.2 Å². The Balaban J connectivity index is 2.02. The Labute approximate surface area is 105 Å². The Kier molecular flexibility index (Phi) is 3.43. The number of nitrogens with one attached hydrogen (secondary N) is 1. The lowest BCUT2D eigenvalue weighted by Crippen LogP contribution is -2.49. The van der Waals surface area contributed by atoms with Gasteiger partial charge in [0, 0.05) is 13.7 Å². The van der Waals surface area contributed by atoms with E-state index in [4.69, 9.17) is 4.74 Å². The summed E-state index contributed by atoms with van der Waals surface area (Å²) in [5.74, 6) is -1.10. The van der Waals surface area contributed by atoms with Crippen molar-refractivity contribution >= 4 is 5.91 Å². The number of carbonyl (C=O) groups is 1. The largest absolute Gasteiger partial charge is 0.504 e. The highest BCUT2D eigenvalue weighted by Crippen LogP contribution is 2.34. The molecule has 0 saturated heterocycles. The molecule has 0 radical (unpaired) electrons. The van der Waals surface area contributed by atoms with Crippen LogP contribution in [-0.2, 0) is 4.74 Å². The van der Waals surface area contributed by atoms with Crippen molar-refractivity contribution in [2.75, 3.05) is 13.7 Å². The molecule has 3 N–H and O–H groups in total. The predicted molar refractivity (Wildman–Crippen MR) is 65.7 cm³/mol. The monoisotopic (exact) mass is 251 g/mol. The molecule has 2 rings (SSSR count).